The van der Waals surface area contributed by atoms with E-state index in [2.05, 4.69) is 5.10 Å². The summed E-state index contributed by atoms with van der Waals surface area (Å²) in [6, 6.07) is 5.96. The molecule has 2 unspecified atom stereocenters. The van der Waals surface area contributed by atoms with Crippen LogP contribution in [0.1, 0.15) is 25.3 Å². The number of hydrogen-bond donors (Lipinski definition) is 2. The maximum atomic E-state index is 9.89. The molecule has 1 aliphatic rings. The van der Waals surface area contributed by atoms with E-state index in [1.54, 1.807) is 16.0 Å². The van der Waals surface area contributed by atoms with Gasteiger partial charge in [0.25, 0.3) is 0 Å². The highest BCUT2D eigenvalue weighted by Gasteiger charge is 2.29. The van der Waals surface area contributed by atoms with E-state index in [9.17, 15) is 5.11 Å². The third kappa shape index (κ3) is 1.85. The quantitative estimate of drug-likeness (QED) is 0.858. The lowest BCUT2D eigenvalue weighted by atomic mass is 10.2. The van der Waals surface area contributed by atoms with E-state index in [0.29, 0.717) is 5.82 Å². The van der Waals surface area contributed by atoms with Gasteiger partial charge < -0.3 is 10.8 Å². The summed E-state index contributed by atoms with van der Waals surface area (Å²) >= 11 is 1.65. The van der Waals surface area contributed by atoms with Gasteiger partial charge >= 0.3 is 0 Å². The Morgan fingerprint density at radius 1 is 1.47 bits per heavy atom. The van der Waals surface area contributed by atoms with Gasteiger partial charge in [-0.15, -0.1) is 11.3 Å². The molecule has 1 fully saturated rings. The third-order valence-corrected chi connectivity index (χ3v) is 4.19. The molecule has 2 aromatic rings. The summed E-state index contributed by atoms with van der Waals surface area (Å²) < 4.78 is 1.78. The minimum atomic E-state index is -0.312. The van der Waals surface area contributed by atoms with Crippen molar-refractivity contribution in [2.24, 2.45) is 0 Å². The van der Waals surface area contributed by atoms with Crippen LogP contribution in [0.2, 0.25) is 0 Å². The number of nitrogens with two attached hydrogens (primary N) is 1. The number of anilines is 1. The summed E-state index contributed by atoms with van der Waals surface area (Å²) in [4.78, 5) is 1.11. The molecule has 3 N–H and O–H groups in total. The molecule has 4 nitrogen and oxygen atoms in total. The van der Waals surface area contributed by atoms with Crippen molar-refractivity contribution in [3.8, 4) is 10.6 Å². The lowest BCUT2D eigenvalue weighted by Gasteiger charge is -2.16. The standard InChI is InChI=1S/C12H15N3OS/c13-12-7-8(11-5-2-6-17-11)14-15(12)9-3-1-4-10(9)16/h2,5-7,9-10,16H,1,3-4,13H2. The number of thiophene rings is 1. The molecule has 0 radical (unpaired) electrons. The Bertz CT molecular complexity index is 506. The second-order valence-electron chi connectivity index (χ2n) is 4.44. The number of rotatable bonds is 2. The summed E-state index contributed by atoms with van der Waals surface area (Å²) in [7, 11) is 0. The maximum absolute atomic E-state index is 9.89. The van der Waals surface area contributed by atoms with E-state index in [1.807, 2.05) is 23.6 Å². The molecule has 5 heteroatoms. The average Bonchev–Trinajstić information content (AvgIpc) is 2.98. The van der Waals surface area contributed by atoms with Crippen LogP contribution in [-0.4, -0.2) is 21.0 Å². The molecule has 2 heterocycles. The molecule has 17 heavy (non-hydrogen) atoms. The van der Waals surface area contributed by atoms with Crippen molar-refractivity contribution in [2.45, 2.75) is 31.4 Å². The molecule has 0 spiro atoms. The highest BCUT2D eigenvalue weighted by atomic mass is 32.1. The molecule has 2 atom stereocenters. The summed E-state index contributed by atoms with van der Waals surface area (Å²) in [5, 5.41) is 16.4. The van der Waals surface area contributed by atoms with Crippen LogP contribution >= 0.6 is 11.3 Å². The fraction of sp³-hybridized carbons (Fsp3) is 0.417. The van der Waals surface area contributed by atoms with Gasteiger partial charge in [0.15, 0.2) is 0 Å². The zero-order valence-electron chi connectivity index (χ0n) is 9.41. The van der Waals surface area contributed by atoms with E-state index >= 15 is 0 Å². The zero-order valence-corrected chi connectivity index (χ0v) is 10.2. The van der Waals surface area contributed by atoms with Gasteiger partial charge in [0.05, 0.1) is 17.0 Å². The van der Waals surface area contributed by atoms with Gasteiger partial charge in [-0.3, -0.25) is 0 Å². The molecular weight excluding hydrogens is 234 g/mol. The van der Waals surface area contributed by atoms with Crippen LogP contribution in [0.3, 0.4) is 0 Å². The minimum absolute atomic E-state index is 0.0451. The molecule has 2 aromatic heterocycles. The normalized spacial score (nSPS) is 24.3. The molecule has 1 saturated carbocycles. The van der Waals surface area contributed by atoms with E-state index in [-0.39, 0.29) is 12.1 Å². The Labute approximate surface area is 104 Å². The third-order valence-electron chi connectivity index (χ3n) is 3.30. The first-order chi connectivity index (χ1) is 8.25. The molecule has 0 saturated heterocycles. The predicted octanol–water partition coefficient (Wildman–Crippen LogP) is 2.28. The summed E-state index contributed by atoms with van der Waals surface area (Å²) in [5.41, 5.74) is 6.88. The molecule has 0 amide bonds. The van der Waals surface area contributed by atoms with Gasteiger partial charge in [-0.05, 0) is 30.7 Å². The molecule has 3 rings (SSSR count). The van der Waals surface area contributed by atoms with E-state index < -0.39 is 0 Å². The van der Waals surface area contributed by atoms with Crippen molar-refractivity contribution in [1.82, 2.24) is 9.78 Å². The van der Waals surface area contributed by atoms with Crippen LogP contribution < -0.4 is 5.73 Å². The fourth-order valence-electron chi connectivity index (χ4n) is 2.43. The summed E-state index contributed by atoms with van der Waals surface area (Å²) in [6.07, 6.45) is 2.53. The van der Waals surface area contributed by atoms with Crippen molar-refractivity contribution < 1.29 is 5.11 Å². The van der Waals surface area contributed by atoms with Gasteiger partial charge in [-0.2, -0.15) is 5.10 Å². The largest absolute Gasteiger partial charge is 0.391 e. The Kier molecular flexibility index (Phi) is 2.64. The highest BCUT2D eigenvalue weighted by Crippen LogP contribution is 2.33. The first-order valence-electron chi connectivity index (χ1n) is 5.82. The van der Waals surface area contributed by atoms with Gasteiger partial charge in [0.2, 0.25) is 0 Å². The van der Waals surface area contributed by atoms with Crippen LogP contribution in [0.5, 0.6) is 0 Å². The van der Waals surface area contributed by atoms with E-state index in [4.69, 9.17) is 5.73 Å². The number of nitrogen functional groups attached to an aromatic ring is 1. The van der Waals surface area contributed by atoms with Crippen LogP contribution in [0, 0.1) is 0 Å². The Morgan fingerprint density at radius 2 is 2.35 bits per heavy atom. The smallest absolute Gasteiger partial charge is 0.122 e. The lowest BCUT2D eigenvalue weighted by Crippen LogP contribution is -2.20. The second-order valence-corrected chi connectivity index (χ2v) is 5.39. The number of aromatic nitrogens is 2. The number of aliphatic hydroxyl groups excluding tert-OH is 1. The van der Waals surface area contributed by atoms with E-state index in [0.717, 1.165) is 29.8 Å². The van der Waals surface area contributed by atoms with Crippen LogP contribution in [0.25, 0.3) is 10.6 Å². The average molecular weight is 249 g/mol. The Hall–Kier alpha value is -1.33. The predicted molar refractivity (Wildman–Crippen MR) is 68.8 cm³/mol. The number of aliphatic hydroxyl groups is 1. The topological polar surface area (TPSA) is 64.1 Å². The van der Waals surface area contributed by atoms with Crippen molar-refractivity contribution in [3.05, 3.63) is 23.6 Å². The fourth-order valence-corrected chi connectivity index (χ4v) is 3.11. The molecule has 1 aliphatic carbocycles. The molecule has 0 aromatic carbocycles. The molecule has 90 valence electrons. The van der Waals surface area contributed by atoms with Crippen molar-refractivity contribution in [1.29, 1.82) is 0 Å². The van der Waals surface area contributed by atoms with Crippen molar-refractivity contribution in [2.75, 3.05) is 5.73 Å². The maximum Gasteiger partial charge on any atom is 0.122 e. The monoisotopic (exact) mass is 249 g/mol. The molecule has 0 bridgehead atoms. The second kappa shape index (κ2) is 4.16. The van der Waals surface area contributed by atoms with Crippen LogP contribution in [-0.2, 0) is 0 Å². The molecule has 0 aliphatic heterocycles. The Morgan fingerprint density at radius 3 is 3.00 bits per heavy atom. The first kappa shape index (κ1) is 10.8. The van der Waals surface area contributed by atoms with Gasteiger partial charge in [-0.1, -0.05) is 6.07 Å². The van der Waals surface area contributed by atoms with Crippen molar-refractivity contribution in [3.63, 3.8) is 0 Å². The summed E-state index contributed by atoms with van der Waals surface area (Å²) in [5.74, 6) is 0.638. The van der Waals surface area contributed by atoms with Crippen molar-refractivity contribution >= 4 is 17.2 Å². The Balaban J connectivity index is 1.96. The summed E-state index contributed by atoms with van der Waals surface area (Å²) in [6.45, 7) is 0. The van der Waals surface area contributed by atoms with E-state index in [1.165, 1.54) is 0 Å². The SMILES string of the molecule is Nc1cc(-c2cccs2)nn1C1CCCC1O. The highest BCUT2D eigenvalue weighted by molar-refractivity contribution is 7.13. The van der Waals surface area contributed by atoms with Gasteiger partial charge in [0.1, 0.15) is 11.5 Å². The zero-order chi connectivity index (χ0) is 11.8. The van der Waals surface area contributed by atoms with Crippen LogP contribution in [0.4, 0.5) is 5.82 Å². The van der Waals surface area contributed by atoms with Gasteiger partial charge in [-0.25, -0.2) is 4.68 Å². The molecular formula is C12H15N3OS. The number of hydrogen-bond acceptors (Lipinski definition) is 4. The van der Waals surface area contributed by atoms with Crippen LogP contribution in [0.15, 0.2) is 23.6 Å². The van der Waals surface area contributed by atoms with Gasteiger partial charge in [0, 0.05) is 6.07 Å². The number of nitrogens with zero attached hydrogens (tertiary/aromatic N) is 2. The first-order valence-corrected chi connectivity index (χ1v) is 6.70. The lowest BCUT2D eigenvalue weighted by molar-refractivity contribution is 0.131. The minimum Gasteiger partial charge on any atom is -0.391 e.